The lowest BCUT2D eigenvalue weighted by Gasteiger charge is -2.27. The van der Waals surface area contributed by atoms with Crippen LogP contribution in [0, 0.1) is 5.82 Å². The summed E-state index contributed by atoms with van der Waals surface area (Å²) in [5, 5.41) is 9.44. The standard InChI is InChI=1S/C24H27ClFN5O3/c1-24(19-5-3-16(26)11-20(19)25)8-9-30(15-24)23-29-28-21(14-34-18-7-10-33-13-18)31(23)17-4-6-22(32-2)27-12-17/h3-6,11-12,18H,7-10,13-15H2,1-2H3/t18-,24+/m0/s1. The Morgan fingerprint density at radius 3 is 2.85 bits per heavy atom. The molecular weight excluding hydrogens is 461 g/mol. The summed E-state index contributed by atoms with van der Waals surface area (Å²) in [4.78, 5) is 6.54. The molecule has 4 heterocycles. The number of rotatable bonds is 7. The molecule has 0 unspecified atom stereocenters. The number of pyridine rings is 1. The van der Waals surface area contributed by atoms with Gasteiger partial charge in [0.1, 0.15) is 12.4 Å². The van der Waals surface area contributed by atoms with E-state index in [1.807, 2.05) is 10.6 Å². The predicted octanol–water partition coefficient (Wildman–Crippen LogP) is 3.94. The molecule has 0 spiro atoms. The van der Waals surface area contributed by atoms with E-state index < -0.39 is 0 Å². The van der Waals surface area contributed by atoms with Gasteiger partial charge in [0, 0.05) is 36.2 Å². The van der Waals surface area contributed by atoms with Crippen LogP contribution < -0.4 is 9.64 Å². The SMILES string of the molecule is COc1ccc(-n2c(CO[C@H]3CCOC3)nnc2N2CC[C@@](C)(c3ccc(F)cc3Cl)C2)cn1. The van der Waals surface area contributed by atoms with Gasteiger partial charge in [0.2, 0.25) is 11.8 Å². The van der Waals surface area contributed by atoms with Gasteiger partial charge in [-0.2, -0.15) is 0 Å². The lowest BCUT2D eigenvalue weighted by molar-refractivity contribution is 0.0277. The minimum absolute atomic E-state index is 0.0540. The third-order valence-corrected chi connectivity index (χ3v) is 6.89. The van der Waals surface area contributed by atoms with Crippen LogP contribution in [0.4, 0.5) is 10.3 Å². The topological polar surface area (TPSA) is 74.5 Å². The van der Waals surface area contributed by atoms with Gasteiger partial charge >= 0.3 is 0 Å². The molecule has 2 aliphatic rings. The molecule has 1 aromatic carbocycles. The maximum Gasteiger partial charge on any atom is 0.232 e. The molecule has 180 valence electrons. The highest BCUT2D eigenvalue weighted by Crippen LogP contribution is 2.40. The van der Waals surface area contributed by atoms with Crippen LogP contribution in [-0.2, 0) is 21.5 Å². The molecule has 0 N–H and O–H groups in total. The first-order valence-electron chi connectivity index (χ1n) is 11.3. The van der Waals surface area contributed by atoms with Gasteiger partial charge in [-0.3, -0.25) is 4.57 Å². The average Bonchev–Trinajstić information content (AvgIpc) is 3.58. The third kappa shape index (κ3) is 4.47. The van der Waals surface area contributed by atoms with Gasteiger partial charge in [-0.25, -0.2) is 9.37 Å². The van der Waals surface area contributed by atoms with Crippen molar-refractivity contribution in [2.45, 2.75) is 37.9 Å². The van der Waals surface area contributed by atoms with Gasteiger partial charge in [-0.05, 0) is 36.6 Å². The zero-order valence-corrected chi connectivity index (χ0v) is 20.0. The minimum atomic E-state index is -0.337. The second-order valence-corrected chi connectivity index (χ2v) is 9.37. The summed E-state index contributed by atoms with van der Waals surface area (Å²) in [6.45, 7) is 5.17. The second-order valence-electron chi connectivity index (χ2n) is 8.96. The van der Waals surface area contributed by atoms with Crippen LogP contribution in [0.1, 0.15) is 31.2 Å². The number of anilines is 1. The molecule has 10 heteroatoms. The largest absolute Gasteiger partial charge is 0.481 e. The second kappa shape index (κ2) is 9.48. The summed E-state index contributed by atoms with van der Waals surface area (Å²) < 4.78 is 32.3. The first-order valence-corrected chi connectivity index (χ1v) is 11.7. The van der Waals surface area contributed by atoms with Crippen LogP contribution >= 0.6 is 11.6 Å². The molecule has 8 nitrogen and oxygen atoms in total. The summed E-state index contributed by atoms with van der Waals surface area (Å²) in [5.41, 5.74) is 1.49. The van der Waals surface area contributed by atoms with Crippen LogP contribution in [0.2, 0.25) is 5.02 Å². The van der Waals surface area contributed by atoms with Gasteiger partial charge < -0.3 is 19.1 Å². The van der Waals surface area contributed by atoms with E-state index in [1.54, 1.807) is 25.4 Å². The Balaban J connectivity index is 1.45. The molecule has 0 saturated carbocycles. The van der Waals surface area contributed by atoms with E-state index in [0.29, 0.717) is 49.0 Å². The van der Waals surface area contributed by atoms with Gasteiger partial charge in [0.15, 0.2) is 5.82 Å². The molecule has 2 saturated heterocycles. The van der Waals surface area contributed by atoms with Crippen molar-refractivity contribution in [1.82, 2.24) is 19.7 Å². The smallest absolute Gasteiger partial charge is 0.232 e. The molecule has 5 rings (SSSR count). The van der Waals surface area contributed by atoms with E-state index in [1.165, 1.54) is 12.1 Å². The molecule has 2 atom stereocenters. The van der Waals surface area contributed by atoms with E-state index >= 15 is 0 Å². The number of halogens is 2. The summed E-state index contributed by atoms with van der Waals surface area (Å²) in [5.74, 6) is 1.58. The number of hydrogen-bond acceptors (Lipinski definition) is 7. The first-order chi connectivity index (χ1) is 16.5. The highest BCUT2D eigenvalue weighted by molar-refractivity contribution is 6.31. The average molecular weight is 488 g/mol. The fraction of sp³-hybridized carbons (Fsp3) is 0.458. The third-order valence-electron chi connectivity index (χ3n) is 6.57. The van der Waals surface area contributed by atoms with Crippen molar-refractivity contribution in [3.05, 3.63) is 58.8 Å². The summed E-state index contributed by atoms with van der Waals surface area (Å²) in [6, 6.07) is 8.34. The zero-order chi connectivity index (χ0) is 23.7. The highest BCUT2D eigenvalue weighted by atomic mass is 35.5. The van der Waals surface area contributed by atoms with Crippen LogP contribution in [0.25, 0.3) is 5.69 Å². The minimum Gasteiger partial charge on any atom is -0.481 e. The first kappa shape index (κ1) is 23.0. The van der Waals surface area contributed by atoms with Crippen LogP contribution in [0.15, 0.2) is 36.5 Å². The number of nitrogens with zero attached hydrogens (tertiary/aromatic N) is 5. The number of benzene rings is 1. The zero-order valence-electron chi connectivity index (χ0n) is 19.2. The quantitative estimate of drug-likeness (QED) is 0.499. The lowest BCUT2D eigenvalue weighted by Crippen LogP contribution is -2.30. The van der Waals surface area contributed by atoms with E-state index in [-0.39, 0.29) is 17.3 Å². The van der Waals surface area contributed by atoms with Crippen molar-refractivity contribution in [3.8, 4) is 11.6 Å². The number of methoxy groups -OCH3 is 1. The molecule has 3 aromatic rings. The molecule has 2 aliphatic heterocycles. The number of hydrogen-bond donors (Lipinski definition) is 0. The van der Waals surface area contributed by atoms with Crippen molar-refractivity contribution < 1.29 is 18.6 Å². The van der Waals surface area contributed by atoms with E-state index in [0.717, 1.165) is 30.6 Å². The molecule has 2 aromatic heterocycles. The van der Waals surface area contributed by atoms with Crippen LogP contribution in [0.5, 0.6) is 5.88 Å². The Bertz CT molecular complexity index is 1150. The molecule has 0 radical (unpaired) electrons. The van der Waals surface area contributed by atoms with E-state index in [2.05, 4.69) is 27.0 Å². The lowest BCUT2D eigenvalue weighted by atomic mass is 9.82. The summed E-state index contributed by atoms with van der Waals surface area (Å²) >= 11 is 6.42. The van der Waals surface area contributed by atoms with Gasteiger partial charge in [0.25, 0.3) is 0 Å². The van der Waals surface area contributed by atoms with Gasteiger partial charge in [-0.1, -0.05) is 24.6 Å². The number of aromatic nitrogens is 4. The van der Waals surface area contributed by atoms with Crippen molar-refractivity contribution >= 4 is 17.5 Å². The Morgan fingerprint density at radius 2 is 2.15 bits per heavy atom. The van der Waals surface area contributed by atoms with Crippen LogP contribution in [0.3, 0.4) is 0 Å². The Morgan fingerprint density at radius 1 is 1.26 bits per heavy atom. The van der Waals surface area contributed by atoms with Crippen molar-refractivity contribution in [3.63, 3.8) is 0 Å². The van der Waals surface area contributed by atoms with E-state index in [9.17, 15) is 4.39 Å². The molecule has 2 fully saturated rings. The fourth-order valence-corrected chi connectivity index (χ4v) is 5.06. The monoisotopic (exact) mass is 487 g/mol. The van der Waals surface area contributed by atoms with E-state index in [4.69, 9.17) is 25.8 Å². The van der Waals surface area contributed by atoms with Crippen molar-refractivity contribution in [1.29, 1.82) is 0 Å². The summed E-state index contributed by atoms with van der Waals surface area (Å²) in [7, 11) is 1.58. The van der Waals surface area contributed by atoms with Gasteiger partial charge in [-0.15, -0.1) is 10.2 Å². The summed E-state index contributed by atoms with van der Waals surface area (Å²) in [6.07, 6.45) is 3.50. The maximum absolute atomic E-state index is 13.6. The molecule has 0 bridgehead atoms. The molecule has 0 amide bonds. The number of ether oxygens (including phenoxy) is 3. The molecule has 34 heavy (non-hydrogen) atoms. The molecule has 0 aliphatic carbocycles. The maximum atomic E-state index is 13.6. The predicted molar refractivity (Wildman–Crippen MR) is 125 cm³/mol. The molecular formula is C24H27ClFN5O3. The normalized spacial score (nSPS) is 22.5. The highest BCUT2D eigenvalue weighted by Gasteiger charge is 2.39. The van der Waals surface area contributed by atoms with Crippen molar-refractivity contribution in [2.75, 3.05) is 38.3 Å². The Kier molecular flexibility index (Phi) is 6.42. The Labute approximate surface area is 202 Å². The Hall–Kier alpha value is -2.75. The fourth-order valence-electron chi connectivity index (χ4n) is 4.66. The van der Waals surface area contributed by atoms with Crippen molar-refractivity contribution in [2.24, 2.45) is 0 Å². The van der Waals surface area contributed by atoms with Crippen LogP contribution in [-0.4, -0.2) is 59.3 Å². The van der Waals surface area contributed by atoms with Gasteiger partial charge in [0.05, 0.1) is 31.7 Å².